The van der Waals surface area contributed by atoms with Crippen molar-refractivity contribution in [2.75, 3.05) is 26.4 Å². The molecule has 0 aromatic heterocycles. The topological polar surface area (TPSA) is 36.9 Å². The smallest absolute Gasteiger partial charge is 0.119 e. The van der Waals surface area contributed by atoms with Crippen molar-refractivity contribution in [3.8, 4) is 23.0 Å². The van der Waals surface area contributed by atoms with Crippen molar-refractivity contribution in [2.24, 2.45) is 5.41 Å². The van der Waals surface area contributed by atoms with Gasteiger partial charge in [-0.25, -0.2) is 0 Å². The number of hydrogen-bond acceptors (Lipinski definition) is 4. The van der Waals surface area contributed by atoms with Gasteiger partial charge in [-0.05, 0) is 48.5 Å². The molecule has 0 atom stereocenters. The lowest BCUT2D eigenvalue weighted by Gasteiger charge is -2.33. The van der Waals surface area contributed by atoms with Crippen molar-refractivity contribution in [3.63, 3.8) is 0 Å². The van der Waals surface area contributed by atoms with E-state index < -0.39 is 5.41 Å². The van der Waals surface area contributed by atoms with Gasteiger partial charge in [-0.3, -0.25) is 0 Å². The molecule has 4 aromatic rings. The van der Waals surface area contributed by atoms with Gasteiger partial charge in [0.25, 0.3) is 0 Å². The zero-order chi connectivity index (χ0) is 22.6. The van der Waals surface area contributed by atoms with E-state index in [1.807, 2.05) is 121 Å². The number of rotatable bonds is 12. The molecule has 4 rings (SSSR count). The minimum Gasteiger partial charge on any atom is -0.493 e. The third kappa shape index (κ3) is 7.04. The molecule has 0 spiro atoms. The van der Waals surface area contributed by atoms with Crippen LogP contribution in [0, 0.1) is 5.41 Å². The molecule has 168 valence electrons. The fourth-order valence-corrected chi connectivity index (χ4v) is 3.26. The fraction of sp³-hybridized carbons (Fsp3) is 0.172. The van der Waals surface area contributed by atoms with E-state index >= 15 is 0 Å². The van der Waals surface area contributed by atoms with Gasteiger partial charge in [0.15, 0.2) is 0 Å². The van der Waals surface area contributed by atoms with Crippen molar-refractivity contribution >= 4 is 0 Å². The summed E-state index contributed by atoms with van der Waals surface area (Å²) in [5.41, 5.74) is -0.572. The Labute approximate surface area is 195 Å². The standard InChI is InChI=1S/C29H28O4/c1-5-13-25(14-6-1)30-21-29(22-31-26-15-7-2-8-16-26,23-32-27-17-9-3-10-18-27)24-33-28-19-11-4-12-20-28/h1-20H,21-24H2. The summed E-state index contributed by atoms with van der Waals surface area (Å²) in [5, 5.41) is 0. The van der Waals surface area contributed by atoms with Crippen LogP contribution in [-0.2, 0) is 0 Å². The maximum atomic E-state index is 6.20. The molecule has 0 fully saturated rings. The highest BCUT2D eigenvalue weighted by molar-refractivity contribution is 5.24. The molecule has 0 amide bonds. The lowest BCUT2D eigenvalue weighted by atomic mass is 9.92. The van der Waals surface area contributed by atoms with Gasteiger partial charge in [0.05, 0.1) is 0 Å². The zero-order valence-electron chi connectivity index (χ0n) is 18.5. The van der Waals surface area contributed by atoms with E-state index in [1.165, 1.54) is 0 Å². The van der Waals surface area contributed by atoms with Crippen LogP contribution in [0.3, 0.4) is 0 Å². The Morgan fingerprint density at radius 3 is 0.758 bits per heavy atom. The van der Waals surface area contributed by atoms with Gasteiger partial charge in [-0.1, -0.05) is 72.8 Å². The van der Waals surface area contributed by atoms with E-state index in [0.29, 0.717) is 26.4 Å². The van der Waals surface area contributed by atoms with E-state index in [-0.39, 0.29) is 0 Å². The van der Waals surface area contributed by atoms with E-state index in [2.05, 4.69) is 0 Å². The summed E-state index contributed by atoms with van der Waals surface area (Å²) in [6.45, 7) is 1.46. The quantitative estimate of drug-likeness (QED) is 0.259. The van der Waals surface area contributed by atoms with Crippen LogP contribution < -0.4 is 18.9 Å². The average Bonchev–Trinajstić information content (AvgIpc) is 2.90. The van der Waals surface area contributed by atoms with Crippen LogP contribution in [0.1, 0.15) is 0 Å². The molecule has 0 bridgehead atoms. The fourth-order valence-electron chi connectivity index (χ4n) is 3.26. The number of ether oxygens (including phenoxy) is 4. The monoisotopic (exact) mass is 440 g/mol. The van der Waals surface area contributed by atoms with Crippen LogP contribution in [0.2, 0.25) is 0 Å². The van der Waals surface area contributed by atoms with Gasteiger partial charge >= 0.3 is 0 Å². The summed E-state index contributed by atoms with van der Waals surface area (Å²) in [5.74, 6) is 3.17. The lowest BCUT2D eigenvalue weighted by molar-refractivity contribution is -0.00351. The van der Waals surface area contributed by atoms with Crippen LogP contribution in [0.4, 0.5) is 0 Å². The highest BCUT2D eigenvalue weighted by Gasteiger charge is 2.35. The molecule has 0 N–H and O–H groups in total. The first-order chi connectivity index (χ1) is 16.3. The van der Waals surface area contributed by atoms with Gasteiger partial charge in [0.2, 0.25) is 0 Å². The first-order valence-corrected chi connectivity index (χ1v) is 11.0. The minimum absolute atomic E-state index is 0.365. The summed E-state index contributed by atoms with van der Waals surface area (Å²) in [4.78, 5) is 0. The lowest BCUT2D eigenvalue weighted by Crippen LogP contribution is -2.45. The summed E-state index contributed by atoms with van der Waals surface area (Å²) in [6, 6.07) is 39.1. The van der Waals surface area contributed by atoms with Crippen molar-refractivity contribution in [1.29, 1.82) is 0 Å². The predicted octanol–water partition coefficient (Wildman–Crippen LogP) is 6.29. The summed E-state index contributed by atoms with van der Waals surface area (Å²) in [6.07, 6.45) is 0. The SMILES string of the molecule is c1ccc(OCC(COc2ccccc2)(COc2ccccc2)COc2ccccc2)cc1. The largest absolute Gasteiger partial charge is 0.493 e. The molecule has 0 radical (unpaired) electrons. The van der Waals surface area contributed by atoms with E-state index in [4.69, 9.17) is 18.9 Å². The molecular weight excluding hydrogens is 412 g/mol. The summed E-state index contributed by atoms with van der Waals surface area (Å²) >= 11 is 0. The van der Waals surface area contributed by atoms with Gasteiger partial charge in [0.1, 0.15) is 54.8 Å². The molecule has 0 saturated heterocycles. The van der Waals surface area contributed by atoms with E-state index in [1.54, 1.807) is 0 Å². The van der Waals surface area contributed by atoms with Crippen molar-refractivity contribution in [3.05, 3.63) is 121 Å². The van der Waals surface area contributed by atoms with Crippen molar-refractivity contribution in [1.82, 2.24) is 0 Å². The van der Waals surface area contributed by atoms with Crippen LogP contribution >= 0.6 is 0 Å². The first-order valence-electron chi connectivity index (χ1n) is 11.0. The summed E-state index contributed by atoms with van der Waals surface area (Å²) in [7, 11) is 0. The van der Waals surface area contributed by atoms with Crippen LogP contribution in [0.15, 0.2) is 121 Å². The summed E-state index contributed by atoms with van der Waals surface area (Å²) < 4.78 is 24.8. The van der Waals surface area contributed by atoms with Gasteiger partial charge in [-0.2, -0.15) is 0 Å². The normalized spacial score (nSPS) is 10.9. The average molecular weight is 441 g/mol. The Kier molecular flexibility index (Phi) is 7.85. The Balaban J connectivity index is 1.56. The van der Waals surface area contributed by atoms with Crippen molar-refractivity contribution in [2.45, 2.75) is 0 Å². The molecule has 33 heavy (non-hydrogen) atoms. The highest BCUT2D eigenvalue weighted by Crippen LogP contribution is 2.26. The second-order valence-electron chi connectivity index (χ2n) is 7.91. The predicted molar refractivity (Wildman–Crippen MR) is 130 cm³/mol. The number of hydrogen-bond donors (Lipinski definition) is 0. The van der Waals surface area contributed by atoms with Crippen LogP contribution in [-0.4, -0.2) is 26.4 Å². The van der Waals surface area contributed by atoms with Crippen LogP contribution in [0.25, 0.3) is 0 Å². The Morgan fingerprint density at radius 2 is 0.545 bits per heavy atom. The molecule has 0 unspecified atom stereocenters. The zero-order valence-corrected chi connectivity index (χ0v) is 18.5. The highest BCUT2D eigenvalue weighted by atomic mass is 16.5. The molecule has 0 aliphatic heterocycles. The van der Waals surface area contributed by atoms with Crippen molar-refractivity contribution < 1.29 is 18.9 Å². The molecule has 4 aromatic carbocycles. The molecular formula is C29H28O4. The van der Waals surface area contributed by atoms with Gasteiger partial charge < -0.3 is 18.9 Å². The Bertz CT molecular complexity index is 874. The Morgan fingerprint density at radius 1 is 0.333 bits per heavy atom. The molecule has 0 aliphatic carbocycles. The second kappa shape index (κ2) is 11.6. The number of benzene rings is 4. The molecule has 4 heteroatoms. The molecule has 4 nitrogen and oxygen atoms in total. The minimum atomic E-state index is -0.572. The molecule has 0 aliphatic rings. The maximum absolute atomic E-state index is 6.20. The molecule has 0 heterocycles. The van der Waals surface area contributed by atoms with Gasteiger partial charge in [-0.15, -0.1) is 0 Å². The second-order valence-corrected chi connectivity index (χ2v) is 7.91. The van der Waals surface area contributed by atoms with E-state index in [9.17, 15) is 0 Å². The first kappa shape index (κ1) is 22.3. The molecule has 0 saturated carbocycles. The van der Waals surface area contributed by atoms with E-state index in [0.717, 1.165) is 23.0 Å². The number of para-hydroxylation sites is 4. The third-order valence-electron chi connectivity index (χ3n) is 5.15. The Hall–Kier alpha value is -3.92. The van der Waals surface area contributed by atoms with Gasteiger partial charge in [0, 0.05) is 0 Å². The third-order valence-corrected chi connectivity index (χ3v) is 5.15. The maximum Gasteiger partial charge on any atom is 0.119 e. The van der Waals surface area contributed by atoms with Crippen LogP contribution in [0.5, 0.6) is 23.0 Å².